The number of carboxylic acids is 1. The second-order valence-corrected chi connectivity index (χ2v) is 6.06. The maximum Gasteiger partial charge on any atom is 0.311 e. The van der Waals surface area contributed by atoms with Gasteiger partial charge in [0.1, 0.15) is 0 Å². The number of rotatable bonds is 4. The molecule has 0 radical (unpaired) electrons. The number of aliphatic carboxylic acids is 1. The van der Waals surface area contributed by atoms with E-state index in [-0.39, 0.29) is 12.5 Å². The van der Waals surface area contributed by atoms with Gasteiger partial charge in [-0.2, -0.15) is 0 Å². The number of nitrogens with one attached hydrogen (secondary N) is 1. The molecule has 0 saturated heterocycles. The molecular weight excluding hydrogens is 334 g/mol. The maximum atomic E-state index is 12.0. The second-order valence-electron chi connectivity index (χ2n) is 4.86. The monoisotopic (exact) mass is 345 g/mol. The summed E-state index contributed by atoms with van der Waals surface area (Å²) in [4.78, 5) is 23.0. The van der Waals surface area contributed by atoms with Crippen molar-refractivity contribution in [1.29, 1.82) is 0 Å². The molecule has 1 aliphatic carbocycles. The van der Waals surface area contributed by atoms with Gasteiger partial charge in [0.25, 0.3) is 5.91 Å². The van der Waals surface area contributed by atoms with Crippen molar-refractivity contribution in [1.82, 2.24) is 5.32 Å². The summed E-state index contributed by atoms with van der Waals surface area (Å²) in [7, 11) is 0. The Morgan fingerprint density at radius 3 is 2.58 bits per heavy atom. The van der Waals surface area contributed by atoms with Crippen LogP contribution in [0.2, 0.25) is 5.02 Å². The third-order valence-corrected chi connectivity index (χ3v) is 4.95. The first kappa shape index (κ1) is 14.3. The van der Waals surface area contributed by atoms with E-state index >= 15 is 0 Å². The minimum absolute atomic E-state index is 0.161. The van der Waals surface area contributed by atoms with E-state index in [9.17, 15) is 9.59 Å². The van der Waals surface area contributed by atoms with Gasteiger partial charge in [0.15, 0.2) is 0 Å². The van der Waals surface area contributed by atoms with Crippen LogP contribution in [0, 0.1) is 12.3 Å². The van der Waals surface area contributed by atoms with Crippen molar-refractivity contribution in [3.05, 3.63) is 32.8 Å². The van der Waals surface area contributed by atoms with Crippen LogP contribution in [0.3, 0.4) is 0 Å². The van der Waals surface area contributed by atoms with Gasteiger partial charge in [0, 0.05) is 16.6 Å². The molecule has 102 valence electrons. The van der Waals surface area contributed by atoms with Crippen LogP contribution in [-0.4, -0.2) is 23.5 Å². The summed E-state index contributed by atoms with van der Waals surface area (Å²) in [6.45, 7) is 2.00. The van der Waals surface area contributed by atoms with Gasteiger partial charge >= 0.3 is 5.97 Å². The fourth-order valence-electron chi connectivity index (χ4n) is 1.83. The molecule has 0 aromatic heterocycles. The number of aryl methyl sites for hydroxylation is 1. The summed E-state index contributed by atoms with van der Waals surface area (Å²) < 4.78 is 0.759. The molecule has 2 rings (SSSR count). The fourth-order valence-corrected chi connectivity index (χ4v) is 2.32. The van der Waals surface area contributed by atoms with E-state index in [0.717, 1.165) is 10.0 Å². The van der Waals surface area contributed by atoms with E-state index in [2.05, 4.69) is 21.2 Å². The van der Waals surface area contributed by atoms with Crippen molar-refractivity contribution in [3.8, 4) is 0 Å². The van der Waals surface area contributed by atoms with E-state index < -0.39 is 11.4 Å². The molecule has 0 heterocycles. The first-order valence-electron chi connectivity index (χ1n) is 5.83. The highest BCUT2D eigenvalue weighted by Gasteiger charge is 2.50. The van der Waals surface area contributed by atoms with Crippen molar-refractivity contribution in [3.63, 3.8) is 0 Å². The van der Waals surface area contributed by atoms with Gasteiger partial charge in [-0.05, 0) is 53.4 Å². The lowest BCUT2D eigenvalue weighted by molar-refractivity contribution is -0.143. The lowest BCUT2D eigenvalue weighted by atomic mass is 10.1. The van der Waals surface area contributed by atoms with Crippen LogP contribution in [0.5, 0.6) is 0 Å². The summed E-state index contributed by atoms with van der Waals surface area (Å²) in [5.74, 6) is -1.15. The van der Waals surface area contributed by atoms with Gasteiger partial charge in [0.2, 0.25) is 0 Å². The Balaban J connectivity index is 2.07. The zero-order valence-electron chi connectivity index (χ0n) is 10.3. The van der Waals surface area contributed by atoms with Gasteiger partial charge < -0.3 is 10.4 Å². The molecule has 1 aliphatic rings. The number of carbonyl (C=O) groups excluding carboxylic acids is 1. The molecule has 6 heteroatoms. The van der Waals surface area contributed by atoms with Crippen LogP contribution >= 0.6 is 27.5 Å². The second kappa shape index (κ2) is 5.13. The molecule has 0 atom stereocenters. The molecular formula is C13H13BrClNO3. The quantitative estimate of drug-likeness (QED) is 0.881. The third kappa shape index (κ3) is 2.92. The normalized spacial score (nSPS) is 15.9. The van der Waals surface area contributed by atoms with Crippen molar-refractivity contribution < 1.29 is 14.7 Å². The van der Waals surface area contributed by atoms with Crippen molar-refractivity contribution in [2.75, 3.05) is 6.54 Å². The highest BCUT2D eigenvalue weighted by Crippen LogP contribution is 2.45. The van der Waals surface area contributed by atoms with Crippen LogP contribution in [0.15, 0.2) is 16.6 Å². The van der Waals surface area contributed by atoms with Crippen LogP contribution in [-0.2, 0) is 4.79 Å². The highest BCUT2D eigenvalue weighted by molar-refractivity contribution is 9.10. The van der Waals surface area contributed by atoms with E-state index in [0.29, 0.717) is 23.4 Å². The molecule has 0 bridgehead atoms. The number of amides is 1. The van der Waals surface area contributed by atoms with Crippen LogP contribution in [0.25, 0.3) is 0 Å². The summed E-state index contributed by atoms with van der Waals surface area (Å²) in [6.07, 6.45) is 1.23. The average Bonchev–Trinajstić information content (AvgIpc) is 3.13. The summed E-state index contributed by atoms with van der Waals surface area (Å²) in [5.41, 5.74) is 0.535. The number of carboxylic acid groups (broad SMARTS) is 1. The van der Waals surface area contributed by atoms with Gasteiger partial charge in [-0.25, -0.2) is 0 Å². The average molecular weight is 347 g/mol. The summed E-state index contributed by atoms with van der Waals surface area (Å²) >= 11 is 9.32. The maximum absolute atomic E-state index is 12.0. The number of halogens is 2. The Morgan fingerprint density at radius 1 is 1.47 bits per heavy atom. The van der Waals surface area contributed by atoms with Crippen LogP contribution in [0.1, 0.15) is 28.8 Å². The number of carbonyl (C=O) groups is 2. The SMILES string of the molecule is Cc1cc(C(=O)NCC2(C(=O)O)CC2)cc(Cl)c1Br. The van der Waals surface area contributed by atoms with E-state index in [1.165, 1.54) is 0 Å². The Bertz CT molecular complexity index is 532. The molecule has 19 heavy (non-hydrogen) atoms. The van der Waals surface area contributed by atoms with Gasteiger partial charge in [0.05, 0.1) is 10.4 Å². The summed E-state index contributed by atoms with van der Waals surface area (Å²) in [6, 6.07) is 3.28. The van der Waals surface area contributed by atoms with Crippen molar-refractivity contribution in [2.24, 2.45) is 5.41 Å². The van der Waals surface area contributed by atoms with Crippen molar-refractivity contribution in [2.45, 2.75) is 19.8 Å². The van der Waals surface area contributed by atoms with E-state index in [1.54, 1.807) is 12.1 Å². The smallest absolute Gasteiger partial charge is 0.311 e. The zero-order valence-corrected chi connectivity index (χ0v) is 12.6. The minimum Gasteiger partial charge on any atom is -0.481 e. The Morgan fingerprint density at radius 2 is 2.11 bits per heavy atom. The van der Waals surface area contributed by atoms with Crippen LogP contribution in [0.4, 0.5) is 0 Å². The standard InChI is InChI=1S/C13H13BrClNO3/c1-7-4-8(5-9(15)10(7)14)11(17)16-6-13(2-3-13)12(18)19/h4-5H,2-3,6H2,1H3,(H,16,17)(H,18,19). The predicted molar refractivity (Wildman–Crippen MR) is 75.5 cm³/mol. The zero-order chi connectivity index (χ0) is 14.2. The first-order chi connectivity index (χ1) is 8.85. The third-order valence-electron chi connectivity index (χ3n) is 3.37. The Kier molecular flexibility index (Phi) is 3.87. The molecule has 0 aliphatic heterocycles. The van der Waals surface area contributed by atoms with Crippen LogP contribution < -0.4 is 5.32 Å². The predicted octanol–water partition coefficient (Wildman–Crippen LogP) is 3.01. The lowest BCUT2D eigenvalue weighted by Gasteiger charge is -2.12. The molecule has 1 fully saturated rings. The van der Waals surface area contributed by atoms with Gasteiger partial charge in [-0.3, -0.25) is 9.59 Å². The molecule has 1 aromatic carbocycles. The Labute approximate surface area is 124 Å². The van der Waals surface area contributed by atoms with Crippen molar-refractivity contribution >= 4 is 39.4 Å². The Hall–Kier alpha value is -1.07. The molecule has 0 spiro atoms. The van der Waals surface area contributed by atoms with E-state index in [4.69, 9.17) is 16.7 Å². The molecule has 2 N–H and O–H groups in total. The lowest BCUT2D eigenvalue weighted by Crippen LogP contribution is -2.34. The highest BCUT2D eigenvalue weighted by atomic mass is 79.9. The first-order valence-corrected chi connectivity index (χ1v) is 7.00. The number of hydrogen-bond acceptors (Lipinski definition) is 2. The minimum atomic E-state index is -0.849. The molecule has 0 unspecified atom stereocenters. The molecule has 1 aromatic rings. The van der Waals surface area contributed by atoms with E-state index in [1.807, 2.05) is 6.92 Å². The number of benzene rings is 1. The fraction of sp³-hybridized carbons (Fsp3) is 0.385. The molecule has 1 amide bonds. The van der Waals surface area contributed by atoms with Gasteiger partial charge in [-0.1, -0.05) is 11.6 Å². The topological polar surface area (TPSA) is 66.4 Å². The summed E-state index contributed by atoms with van der Waals surface area (Å²) in [5, 5.41) is 12.2. The number of hydrogen-bond donors (Lipinski definition) is 2. The largest absolute Gasteiger partial charge is 0.481 e. The molecule has 1 saturated carbocycles. The molecule has 4 nitrogen and oxygen atoms in total. The van der Waals surface area contributed by atoms with Gasteiger partial charge in [-0.15, -0.1) is 0 Å².